The molecule has 3 amide bonds. The first-order valence-corrected chi connectivity index (χ1v) is 8.62. The van der Waals surface area contributed by atoms with Gasteiger partial charge in [0.05, 0.1) is 0 Å². The minimum atomic E-state index is -0.415. The molecule has 1 aliphatic heterocycles. The average molecular weight is 358 g/mol. The van der Waals surface area contributed by atoms with Crippen LogP contribution in [0.5, 0.6) is 5.75 Å². The molecule has 5 nitrogen and oxygen atoms in total. The van der Waals surface area contributed by atoms with E-state index < -0.39 is 6.03 Å². The Morgan fingerprint density at radius 2 is 1.70 bits per heavy atom. The van der Waals surface area contributed by atoms with Crippen LogP contribution in [0.3, 0.4) is 0 Å². The van der Waals surface area contributed by atoms with Gasteiger partial charge in [-0.25, -0.2) is 4.79 Å². The number of benzene rings is 3. The topological polar surface area (TPSA) is 58.6 Å². The Morgan fingerprint density at radius 3 is 2.44 bits per heavy atom. The van der Waals surface area contributed by atoms with Crippen LogP contribution in [-0.2, 0) is 11.4 Å². The smallest absolute Gasteiger partial charge is 0.328 e. The third-order valence-corrected chi connectivity index (χ3v) is 4.55. The molecule has 1 N–H and O–H groups in total. The number of fused-ring (bicyclic) bond motifs is 1. The van der Waals surface area contributed by atoms with Crippen LogP contribution in [0.15, 0.2) is 72.4 Å². The second-order valence-corrected chi connectivity index (χ2v) is 6.35. The van der Waals surface area contributed by atoms with Crippen molar-refractivity contribution < 1.29 is 14.3 Å². The molecule has 3 aromatic rings. The summed E-state index contributed by atoms with van der Waals surface area (Å²) in [5.41, 5.74) is 2.21. The number of likely N-dealkylation sites (N-methyl/N-ethyl adjacent to an activating group) is 1. The maximum Gasteiger partial charge on any atom is 0.328 e. The summed E-state index contributed by atoms with van der Waals surface area (Å²) in [4.78, 5) is 24.4. The quantitative estimate of drug-likeness (QED) is 0.568. The predicted octanol–water partition coefficient (Wildman–Crippen LogP) is 3.94. The largest absolute Gasteiger partial charge is 0.489 e. The van der Waals surface area contributed by atoms with Gasteiger partial charge >= 0.3 is 6.03 Å². The number of nitrogens with zero attached hydrogens (tertiary/aromatic N) is 1. The molecule has 0 atom stereocenters. The molecule has 0 saturated carbocycles. The molecule has 0 aliphatic carbocycles. The highest BCUT2D eigenvalue weighted by molar-refractivity contribution is 6.13. The van der Waals surface area contributed by atoms with E-state index in [2.05, 4.69) is 29.6 Å². The summed E-state index contributed by atoms with van der Waals surface area (Å²) in [6.07, 6.45) is 1.65. The first-order valence-electron chi connectivity index (χ1n) is 8.62. The van der Waals surface area contributed by atoms with Gasteiger partial charge in [-0.15, -0.1) is 0 Å². The Morgan fingerprint density at radius 1 is 0.963 bits per heavy atom. The van der Waals surface area contributed by atoms with E-state index in [0.29, 0.717) is 6.61 Å². The molecule has 4 rings (SSSR count). The van der Waals surface area contributed by atoms with Gasteiger partial charge in [-0.1, -0.05) is 54.6 Å². The van der Waals surface area contributed by atoms with Gasteiger partial charge < -0.3 is 10.1 Å². The monoisotopic (exact) mass is 358 g/mol. The first kappa shape index (κ1) is 16.8. The Hall–Kier alpha value is -3.60. The summed E-state index contributed by atoms with van der Waals surface area (Å²) in [7, 11) is 1.45. The number of hydrogen-bond acceptors (Lipinski definition) is 3. The molecular formula is C22H18N2O3. The van der Waals surface area contributed by atoms with Gasteiger partial charge in [-0.05, 0) is 40.1 Å². The van der Waals surface area contributed by atoms with E-state index in [1.165, 1.54) is 17.8 Å². The fourth-order valence-corrected chi connectivity index (χ4v) is 3.03. The molecule has 0 bridgehead atoms. The number of amides is 3. The summed E-state index contributed by atoms with van der Waals surface area (Å²) in [5.74, 6) is 0.403. The maximum absolute atomic E-state index is 11.9. The first-order chi connectivity index (χ1) is 13.1. The molecule has 0 radical (unpaired) electrons. The second kappa shape index (κ2) is 6.96. The highest BCUT2D eigenvalue weighted by atomic mass is 16.5. The summed E-state index contributed by atoms with van der Waals surface area (Å²) < 4.78 is 5.91. The number of carbonyl (C=O) groups excluding carboxylic acids is 2. The van der Waals surface area contributed by atoms with Crippen LogP contribution in [0, 0.1) is 0 Å². The highest BCUT2D eigenvalue weighted by Crippen LogP contribution is 2.21. The standard InChI is InChI=1S/C22H18N2O3/c1-24-21(25)20(23-22(24)26)13-15-9-11-18(12-10-15)27-14-17-7-4-6-16-5-2-3-8-19(16)17/h2-13H,14H2,1H3,(H,23,26)/b20-13+. The third kappa shape index (κ3) is 3.40. The Labute approximate surface area is 156 Å². The molecule has 1 heterocycles. The molecule has 27 heavy (non-hydrogen) atoms. The van der Waals surface area contributed by atoms with Crippen LogP contribution in [0.25, 0.3) is 16.8 Å². The second-order valence-electron chi connectivity index (χ2n) is 6.35. The van der Waals surface area contributed by atoms with Gasteiger partial charge in [-0.3, -0.25) is 9.69 Å². The predicted molar refractivity (Wildman–Crippen MR) is 104 cm³/mol. The van der Waals surface area contributed by atoms with Crippen molar-refractivity contribution in [3.05, 3.63) is 83.6 Å². The normalized spacial score (nSPS) is 15.4. The van der Waals surface area contributed by atoms with E-state index in [1.807, 2.05) is 42.5 Å². The molecule has 3 aromatic carbocycles. The number of rotatable bonds is 4. The van der Waals surface area contributed by atoms with Crippen LogP contribution in [0.1, 0.15) is 11.1 Å². The van der Waals surface area contributed by atoms with Gasteiger partial charge in [0, 0.05) is 7.05 Å². The minimum absolute atomic E-state index is 0.270. The number of ether oxygens (including phenoxy) is 1. The van der Waals surface area contributed by atoms with E-state index in [1.54, 1.807) is 6.08 Å². The highest BCUT2D eigenvalue weighted by Gasteiger charge is 2.29. The summed E-state index contributed by atoms with van der Waals surface area (Å²) in [6.45, 7) is 0.473. The van der Waals surface area contributed by atoms with Crippen molar-refractivity contribution in [1.82, 2.24) is 10.2 Å². The van der Waals surface area contributed by atoms with Crippen LogP contribution < -0.4 is 10.1 Å². The van der Waals surface area contributed by atoms with Crippen molar-refractivity contribution in [3.63, 3.8) is 0 Å². The lowest BCUT2D eigenvalue weighted by Gasteiger charge is -2.09. The lowest BCUT2D eigenvalue weighted by atomic mass is 10.1. The number of imide groups is 1. The van der Waals surface area contributed by atoms with E-state index >= 15 is 0 Å². The van der Waals surface area contributed by atoms with Crippen molar-refractivity contribution >= 4 is 28.8 Å². The van der Waals surface area contributed by atoms with E-state index in [4.69, 9.17) is 4.74 Å². The van der Waals surface area contributed by atoms with Gasteiger partial charge in [0.25, 0.3) is 5.91 Å². The third-order valence-electron chi connectivity index (χ3n) is 4.55. The van der Waals surface area contributed by atoms with Gasteiger partial charge in [0.15, 0.2) is 0 Å². The number of nitrogens with one attached hydrogen (secondary N) is 1. The molecule has 0 unspecified atom stereocenters. The Kier molecular flexibility index (Phi) is 4.34. The van der Waals surface area contributed by atoms with Crippen molar-refractivity contribution in [2.45, 2.75) is 6.61 Å². The molecule has 134 valence electrons. The van der Waals surface area contributed by atoms with Gasteiger partial charge in [0.2, 0.25) is 0 Å². The van der Waals surface area contributed by atoms with Gasteiger partial charge in [-0.2, -0.15) is 0 Å². The van der Waals surface area contributed by atoms with Crippen LogP contribution in [0.2, 0.25) is 0 Å². The number of carbonyl (C=O) groups is 2. The minimum Gasteiger partial charge on any atom is -0.489 e. The molecule has 0 aromatic heterocycles. The summed E-state index contributed by atoms with van der Waals surface area (Å²) >= 11 is 0. The lowest BCUT2D eigenvalue weighted by molar-refractivity contribution is -0.121. The zero-order valence-electron chi connectivity index (χ0n) is 14.8. The Bertz CT molecular complexity index is 1050. The van der Waals surface area contributed by atoms with Crippen LogP contribution in [0.4, 0.5) is 4.79 Å². The molecule has 1 fully saturated rings. The average Bonchev–Trinajstić information content (AvgIpc) is 2.94. The summed E-state index contributed by atoms with van der Waals surface area (Å²) in [6, 6.07) is 21.4. The Balaban J connectivity index is 1.47. The SMILES string of the molecule is CN1C(=O)N/C(=C/c2ccc(OCc3cccc4ccccc34)cc2)C1=O. The fourth-order valence-electron chi connectivity index (χ4n) is 3.03. The van der Waals surface area contributed by atoms with Crippen molar-refractivity contribution in [2.24, 2.45) is 0 Å². The van der Waals surface area contributed by atoms with Crippen molar-refractivity contribution in [2.75, 3.05) is 7.05 Å². The zero-order chi connectivity index (χ0) is 18.8. The molecule has 1 aliphatic rings. The van der Waals surface area contributed by atoms with Crippen molar-refractivity contribution in [1.29, 1.82) is 0 Å². The maximum atomic E-state index is 11.9. The molecular weight excluding hydrogens is 340 g/mol. The van der Waals surface area contributed by atoms with E-state index in [0.717, 1.165) is 21.8 Å². The number of urea groups is 1. The molecule has 0 spiro atoms. The van der Waals surface area contributed by atoms with Crippen molar-refractivity contribution in [3.8, 4) is 5.75 Å². The van der Waals surface area contributed by atoms with Crippen LogP contribution in [-0.4, -0.2) is 23.9 Å². The van der Waals surface area contributed by atoms with Crippen LogP contribution >= 0.6 is 0 Å². The van der Waals surface area contributed by atoms with E-state index in [9.17, 15) is 9.59 Å². The number of hydrogen-bond donors (Lipinski definition) is 1. The molecule has 5 heteroatoms. The lowest BCUT2D eigenvalue weighted by Crippen LogP contribution is -2.25. The summed E-state index contributed by atoms with van der Waals surface area (Å²) in [5, 5.41) is 4.92. The fraction of sp³-hybridized carbons (Fsp3) is 0.0909. The van der Waals surface area contributed by atoms with E-state index in [-0.39, 0.29) is 11.6 Å². The van der Waals surface area contributed by atoms with Gasteiger partial charge in [0.1, 0.15) is 18.1 Å². The zero-order valence-corrected chi connectivity index (χ0v) is 14.8. The molecule has 1 saturated heterocycles.